The molecule has 1 aromatic heterocycles. The lowest BCUT2D eigenvalue weighted by atomic mass is 10.2. The third-order valence-corrected chi connectivity index (χ3v) is 3.34. The average Bonchev–Trinajstić information content (AvgIpc) is 2.52. The minimum Gasteiger partial charge on any atom is -0.379 e. The summed E-state index contributed by atoms with van der Waals surface area (Å²) in [6.45, 7) is 8.26. The maximum absolute atomic E-state index is 4.21. The molecule has 106 valence electrons. The zero-order chi connectivity index (χ0) is 14.2. The van der Waals surface area contributed by atoms with Crippen LogP contribution in [0.3, 0.4) is 0 Å². The Labute approximate surface area is 120 Å². The van der Waals surface area contributed by atoms with Crippen LogP contribution < -0.4 is 5.32 Å². The monoisotopic (exact) mass is 270 g/mol. The predicted octanol–water partition coefficient (Wildman–Crippen LogP) is 2.93. The summed E-state index contributed by atoms with van der Waals surface area (Å²) in [5, 5.41) is 3.40. The lowest BCUT2D eigenvalue weighted by molar-refractivity contribution is 0.296. The lowest BCUT2D eigenvalue weighted by Crippen LogP contribution is -2.22. The SMILES string of the molecule is CCN(CC)Cc1cccc(NCc2ccncn2)c1. The summed E-state index contributed by atoms with van der Waals surface area (Å²) in [6.07, 6.45) is 3.34. The zero-order valence-corrected chi connectivity index (χ0v) is 12.2. The number of hydrogen-bond acceptors (Lipinski definition) is 4. The van der Waals surface area contributed by atoms with Gasteiger partial charge in [0.05, 0.1) is 12.2 Å². The molecule has 0 saturated carbocycles. The first-order valence-electron chi connectivity index (χ1n) is 7.12. The van der Waals surface area contributed by atoms with Crippen molar-refractivity contribution in [1.82, 2.24) is 14.9 Å². The van der Waals surface area contributed by atoms with Crippen LogP contribution in [0.2, 0.25) is 0 Å². The minimum absolute atomic E-state index is 0.719. The van der Waals surface area contributed by atoms with Crippen molar-refractivity contribution in [3.8, 4) is 0 Å². The second kappa shape index (κ2) is 7.60. The molecule has 0 fully saturated rings. The first-order valence-corrected chi connectivity index (χ1v) is 7.12. The van der Waals surface area contributed by atoms with Gasteiger partial charge in [0.2, 0.25) is 0 Å². The van der Waals surface area contributed by atoms with Gasteiger partial charge in [0.25, 0.3) is 0 Å². The summed E-state index contributed by atoms with van der Waals surface area (Å²) in [6, 6.07) is 10.5. The van der Waals surface area contributed by atoms with Crippen molar-refractivity contribution in [2.75, 3.05) is 18.4 Å². The highest BCUT2D eigenvalue weighted by atomic mass is 15.1. The molecule has 0 amide bonds. The number of aromatic nitrogens is 2. The van der Waals surface area contributed by atoms with E-state index >= 15 is 0 Å². The van der Waals surface area contributed by atoms with E-state index in [1.54, 1.807) is 12.5 Å². The Hall–Kier alpha value is -1.94. The quantitative estimate of drug-likeness (QED) is 0.840. The summed E-state index contributed by atoms with van der Waals surface area (Å²) in [5.41, 5.74) is 3.46. The zero-order valence-electron chi connectivity index (χ0n) is 12.2. The second-order valence-corrected chi connectivity index (χ2v) is 4.72. The van der Waals surface area contributed by atoms with Crippen LogP contribution in [0.5, 0.6) is 0 Å². The van der Waals surface area contributed by atoms with E-state index in [0.29, 0.717) is 0 Å². The van der Waals surface area contributed by atoms with Gasteiger partial charge in [0.15, 0.2) is 0 Å². The lowest BCUT2D eigenvalue weighted by Gasteiger charge is -2.18. The van der Waals surface area contributed by atoms with Crippen molar-refractivity contribution in [2.45, 2.75) is 26.9 Å². The van der Waals surface area contributed by atoms with E-state index in [2.05, 4.69) is 58.3 Å². The number of hydrogen-bond donors (Lipinski definition) is 1. The molecule has 2 aromatic rings. The summed E-state index contributed by atoms with van der Waals surface area (Å²) >= 11 is 0. The molecule has 0 spiro atoms. The van der Waals surface area contributed by atoms with Crippen LogP contribution in [-0.4, -0.2) is 28.0 Å². The van der Waals surface area contributed by atoms with Crippen molar-refractivity contribution in [3.05, 3.63) is 54.1 Å². The minimum atomic E-state index is 0.719. The van der Waals surface area contributed by atoms with Gasteiger partial charge in [-0.15, -0.1) is 0 Å². The van der Waals surface area contributed by atoms with Crippen LogP contribution >= 0.6 is 0 Å². The van der Waals surface area contributed by atoms with Gasteiger partial charge in [0.1, 0.15) is 6.33 Å². The van der Waals surface area contributed by atoms with E-state index in [-0.39, 0.29) is 0 Å². The molecule has 2 rings (SSSR count). The Bertz CT molecular complexity index is 509. The van der Waals surface area contributed by atoms with E-state index in [9.17, 15) is 0 Å². The second-order valence-electron chi connectivity index (χ2n) is 4.72. The van der Waals surface area contributed by atoms with Gasteiger partial charge < -0.3 is 5.32 Å². The molecule has 0 radical (unpaired) electrons. The molecular weight excluding hydrogens is 248 g/mol. The van der Waals surface area contributed by atoms with Crippen molar-refractivity contribution < 1.29 is 0 Å². The number of nitrogens with one attached hydrogen (secondary N) is 1. The molecule has 4 heteroatoms. The maximum atomic E-state index is 4.21. The molecule has 1 aromatic carbocycles. The number of rotatable bonds is 7. The molecule has 0 aliphatic rings. The topological polar surface area (TPSA) is 41.0 Å². The molecule has 20 heavy (non-hydrogen) atoms. The Morgan fingerprint density at radius 3 is 2.70 bits per heavy atom. The van der Waals surface area contributed by atoms with Crippen LogP contribution in [0.4, 0.5) is 5.69 Å². The fourth-order valence-corrected chi connectivity index (χ4v) is 2.10. The van der Waals surface area contributed by atoms with E-state index in [4.69, 9.17) is 0 Å². The van der Waals surface area contributed by atoms with Gasteiger partial charge in [0, 0.05) is 18.4 Å². The number of nitrogens with zero attached hydrogens (tertiary/aromatic N) is 3. The van der Waals surface area contributed by atoms with E-state index in [1.807, 2.05) is 6.07 Å². The van der Waals surface area contributed by atoms with Crippen molar-refractivity contribution in [2.24, 2.45) is 0 Å². The van der Waals surface area contributed by atoms with Crippen molar-refractivity contribution >= 4 is 5.69 Å². The van der Waals surface area contributed by atoms with Crippen LogP contribution in [-0.2, 0) is 13.1 Å². The van der Waals surface area contributed by atoms with Crippen LogP contribution in [0, 0.1) is 0 Å². The molecular formula is C16H22N4. The third kappa shape index (κ3) is 4.31. The fraction of sp³-hybridized carbons (Fsp3) is 0.375. The molecule has 0 aliphatic carbocycles. The molecule has 4 nitrogen and oxygen atoms in total. The maximum Gasteiger partial charge on any atom is 0.115 e. The Morgan fingerprint density at radius 2 is 2.00 bits per heavy atom. The van der Waals surface area contributed by atoms with E-state index < -0.39 is 0 Å². The Kier molecular flexibility index (Phi) is 5.50. The average molecular weight is 270 g/mol. The summed E-state index contributed by atoms with van der Waals surface area (Å²) in [5.74, 6) is 0. The largest absolute Gasteiger partial charge is 0.379 e. The van der Waals surface area contributed by atoms with Gasteiger partial charge in [-0.3, -0.25) is 4.90 Å². The highest BCUT2D eigenvalue weighted by Crippen LogP contribution is 2.13. The van der Waals surface area contributed by atoms with Crippen molar-refractivity contribution in [1.29, 1.82) is 0 Å². The number of anilines is 1. The number of benzene rings is 1. The smallest absolute Gasteiger partial charge is 0.115 e. The van der Waals surface area contributed by atoms with E-state index in [0.717, 1.165) is 37.6 Å². The highest BCUT2D eigenvalue weighted by molar-refractivity contribution is 5.45. The molecule has 0 atom stereocenters. The summed E-state index contributed by atoms with van der Waals surface area (Å²) in [4.78, 5) is 10.5. The predicted molar refractivity (Wildman–Crippen MR) is 82.4 cm³/mol. The summed E-state index contributed by atoms with van der Waals surface area (Å²) in [7, 11) is 0. The molecule has 1 N–H and O–H groups in total. The third-order valence-electron chi connectivity index (χ3n) is 3.34. The molecule has 0 saturated heterocycles. The van der Waals surface area contributed by atoms with Gasteiger partial charge in [-0.2, -0.15) is 0 Å². The van der Waals surface area contributed by atoms with Crippen molar-refractivity contribution in [3.63, 3.8) is 0 Å². The van der Waals surface area contributed by atoms with E-state index in [1.165, 1.54) is 5.56 Å². The van der Waals surface area contributed by atoms with Gasteiger partial charge >= 0.3 is 0 Å². The van der Waals surface area contributed by atoms with Gasteiger partial charge in [-0.1, -0.05) is 26.0 Å². The first-order chi connectivity index (χ1) is 9.81. The van der Waals surface area contributed by atoms with Crippen LogP contribution in [0.1, 0.15) is 25.1 Å². The highest BCUT2D eigenvalue weighted by Gasteiger charge is 2.02. The summed E-state index contributed by atoms with van der Waals surface area (Å²) < 4.78 is 0. The van der Waals surface area contributed by atoms with Gasteiger partial charge in [-0.05, 0) is 36.9 Å². The van der Waals surface area contributed by atoms with Crippen LogP contribution in [0.15, 0.2) is 42.9 Å². The molecule has 0 bridgehead atoms. The molecule has 0 aliphatic heterocycles. The van der Waals surface area contributed by atoms with Gasteiger partial charge in [-0.25, -0.2) is 9.97 Å². The standard InChI is InChI=1S/C16H22N4/c1-3-20(4-2)12-14-6-5-7-15(10-14)18-11-16-8-9-17-13-19-16/h5-10,13,18H,3-4,11-12H2,1-2H3. The molecule has 0 unspecified atom stereocenters. The van der Waals surface area contributed by atoms with Crippen LogP contribution in [0.25, 0.3) is 0 Å². The normalized spacial score (nSPS) is 10.8. The Balaban J connectivity index is 1.95. The molecule has 1 heterocycles. The fourth-order valence-electron chi connectivity index (χ4n) is 2.10. The first kappa shape index (κ1) is 14.5. The Morgan fingerprint density at radius 1 is 1.15 bits per heavy atom.